The second-order valence-electron chi connectivity index (χ2n) is 9.55. The van der Waals surface area contributed by atoms with Crippen molar-refractivity contribution < 1.29 is 28.1 Å². The summed E-state index contributed by atoms with van der Waals surface area (Å²) in [4.78, 5) is 12.9. The largest absolute Gasteiger partial charge is 0.434 e. The van der Waals surface area contributed by atoms with Crippen LogP contribution in [-0.4, -0.2) is 38.6 Å². The summed E-state index contributed by atoms with van der Waals surface area (Å²) in [5, 5.41) is 21.1. The first-order valence-corrected chi connectivity index (χ1v) is 11.8. The highest BCUT2D eigenvalue weighted by Gasteiger charge is 2.44. The van der Waals surface area contributed by atoms with Crippen LogP contribution >= 0.6 is 11.6 Å². The molecule has 2 heterocycles. The molecule has 2 aliphatic rings. The Morgan fingerprint density at radius 2 is 1.86 bits per heavy atom. The minimum atomic E-state index is -3.02. The zero-order valence-corrected chi connectivity index (χ0v) is 20.2. The van der Waals surface area contributed by atoms with E-state index in [1.807, 2.05) is 0 Å². The van der Waals surface area contributed by atoms with E-state index in [4.69, 9.17) is 16.3 Å². The predicted molar refractivity (Wildman–Crippen MR) is 128 cm³/mol. The standard InChI is InChI=1S/C26H23ClF3N3O3/c1-26(2,35)24-31-10-13(11-32-24)14-6-12-7-16-15(8-20(34)23(16)33-19(12)9-18(14)28)22-17(27)4-3-5-21(22)36-25(29)30/h3-6,9-11,15-16,20,25,34-35H,7-8H2,1-2H3/t15-,16?,20+/m1/s1. The van der Waals surface area contributed by atoms with Crippen LogP contribution in [0, 0.1) is 11.7 Å². The van der Waals surface area contributed by atoms with Gasteiger partial charge in [-0.1, -0.05) is 17.7 Å². The maximum Gasteiger partial charge on any atom is 0.387 e. The number of aromatic nitrogens is 2. The van der Waals surface area contributed by atoms with Gasteiger partial charge >= 0.3 is 6.61 Å². The van der Waals surface area contributed by atoms with Crippen molar-refractivity contribution in [1.29, 1.82) is 0 Å². The van der Waals surface area contributed by atoms with Crippen LogP contribution in [0.1, 0.15) is 43.1 Å². The lowest BCUT2D eigenvalue weighted by Crippen LogP contribution is -2.25. The van der Waals surface area contributed by atoms with Gasteiger partial charge in [0.2, 0.25) is 0 Å². The van der Waals surface area contributed by atoms with Crippen LogP contribution in [-0.2, 0) is 12.0 Å². The highest BCUT2D eigenvalue weighted by atomic mass is 35.5. The van der Waals surface area contributed by atoms with Gasteiger partial charge in [-0.2, -0.15) is 8.78 Å². The molecule has 2 aromatic carbocycles. The SMILES string of the molecule is CC(C)(O)c1ncc(-c2cc3c(cc2F)N=C2C(C3)[C@H](c3c(Cl)cccc3OC(F)F)C[C@@H]2O)cn1. The smallest absolute Gasteiger partial charge is 0.387 e. The molecule has 0 saturated heterocycles. The Balaban J connectivity index is 1.53. The van der Waals surface area contributed by atoms with Crippen molar-refractivity contribution in [2.45, 2.75) is 50.9 Å². The molecule has 1 saturated carbocycles. The maximum atomic E-state index is 15.1. The van der Waals surface area contributed by atoms with Crippen molar-refractivity contribution in [3.8, 4) is 16.9 Å². The monoisotopic (exact) mass is 517 g/mol. The Morgan fingerprint density at radius 1 is 1.14 bits per heavy atom. The van der Waals surface area contributed by atoms with Crippen LogP contribution in [0.15, 0.2) is 47.7 Å². The Bertz CT molecular complexity index is 1340. The lowest BCUT2D eigenvalue weighted by molar-refractivity contribution is -0.0507. The van der Waals surface area contributed by atoms with E-state index in [0.29, 0.717) is 28.9 Å². The fraction of sp³-hybridized carbons (Fsp3) is 0.346. The quantitative estimate of drug-likeness (QED) is 0.463. The number of rotatable bonds is 5. The third-order valence-electron chi connectivity index (χ3n) is 6.65. The molecule has 1 fully saturated rings. The molecular formula is C26H23ClF3N3O3. The van der Waals surface area contributed by atoms with Crippen LogP contribution in [0.3, 0.4) is 0 Å². The fourth-order valence-corrected chi connectivity index (χ4v) is 5.34. The summed E-state index contributed by atoms with van der Waals surface area (Å²) in [5.41, 5.74) is 1.47. The number of benzene rings is 2. The van der Waals surface area contributed by atoms with Crippen LogP contribution in [0.5, 0.6) is 5.75 Å². The Kier molecular flexibility index (Phi) is 6.26. The summed E-state index contributed by atoms with van der Waals surface area (Å²) in [6.45, 7) is 0.0879. The third kappa shape index (κ3) is 4.47. The van der Waals surface area contributed by atoms with Crippen molar-refractivity contribution >= 4 is 23.0 Å². The molecule has 1 aliphatic heterocycles. The third-order valence-corrected chi connectivity index (χ3v) is 6.98. The minimum absolute atomic E-state index is 0.0365. The number of aliphatic hydroxyl groups is 2. The average Bonchev–Trinajstić information content (AvgIpc) is 3.11. The molecule has 3 atom stereocenters. The number of hydrogen-bond donors (Lipinski definition) is 2. The van der Waals surface area contributed by atoms with Crippen molar-refractivity contribution in [2.24, 2.45) is 10.9 Å². The highest BCUT2D eigenvalue weighted by Crippen LogP contribution is 2.50. The van der Waals surface area contributed by atoms with E-state index < -0.39 is 30.1 Å². The van der Waals surface area contributed by atoms with Gasteiger partial charge in [0.05, 0.1) is 17.5 Å². The van der Waals surface area contributed by atoms with Crippen molar-refractivity contribution in [3.63, 3.8) is 0 Å². The molecule has 36 heavy (non-hydrogen) atoms. The number of aliphatic imine (C=N–C) groups is 1. The van der Waals surface area contributed by atoms with E-state index in [1.54, 1.807) is 26.0 Å². The van der Waals surface area contributed by atoms with Gasteiger partial charge in [-0.05, 0) is 50.5 Å². The molecule has 6 nitrogen and oxygen atoms in total. The number of halogens is 4. The van der Waals surface area contributed by atoms with E-state index in [0.717, 1.165) is 5.56 Å². The molecule has 1 aromatic heterocycles. The summed E-state index contributed by atoms with van der Waals surface area (Å²) in [6, 6.07) is 7.52. The molecule has 0 bridgehead atoms. The fourth-order valence-electron chi connectivity index (χ4n) is 5.03. The van der Waals surface area contributed by atoms with Gasteiger partial charge in [-0.15, -0.1) is 0 Å². The Hall–Kier alpha value is -3.01. The number of fused-ring (bicyclic) bond motifs is 2. The molecule has 1 unspecified atom stereocenters. The molecule has 1 aliphatic carbocycles. The summed E-state index contributed by atoms with van der Waals surface area (Å²) >= 11 is 6.42. The topological polar surface area (TPSA) is 87.8 Å². The van der Waals surface area contributed by atoms with Gasteiger partial charge in [-0.3, -0.25) is 4.99 Å². The molecular weight excluding hydrogens is 495 g/mol. The summed E-state index contributed by atoms with van der Waals surface area (Å²) in [6.07, 6.45) is 2.59. The van der Waals surface area contributed by atoms with Crippen molar-refractivity contribution in [1.82, 2.24) is 9.97 Å². The first kappa shape index (κ1) is 24.7. The average molecular weight is 518 g/mol. The first-order valence-electron chi connectivity index (χ1n) is 11.4. The molecule has 0 amide bonds. The van der Waals surface area contributed by atoms with Crippen molar-refractivity contribution in [3.05, 3.63) is 70.5 Å². The molecule has 5 rings (SSSR count). The first-order chi connectivity index (χ1) is 17.0. The van der Waals surface area contributed by atoms with Gasteiger partial charge in [-0.25, -0.2) is 14.4 Å². The Morgan fingerprint density at radius 3 is 2.53 bits per heavy atom. The van der Waals surface area contributed by atoms with Crippen LogP contribution in [0.25, 0.3) is 11.1 Å². The van der Waals surface area contributed by atoms with Crippen LogP contribution in [0.2, 0.25) is 5.02 Å². The number of hydrogen-bond acceptors (Lipinski definition) is 6. The van der Waals surface area contributed by atoms with E-state index in [-0.39, 0.29) is 34.5 Å². The molecule has 188 valence electrons. The normalized spacial score (nSPS) is 21.2. The van der Waals surface area contributed by atoms with Gasteiger partial charge in [0.1, 0.15) is 17.2 Å². The zero-order chi connectivity index (χ0) is 25.8. The van der Waals surface area contributed by atoms with Gasteiger partial charge in [0.15, 0.2) is 5.82 Å². The minimum Gasteiger partial charge on any atom is -0.434 e. The van der Waals surface area contributed by atoms with E-state index in [9.17, 15) is 19.0 Å². The zero-order valence-electron chi connectivity index (χ0n) is 19.4. The summed E-state index contributed by atoms with van der Waals surface area (Å²) < 4.78 is 45.9. The maximum absolute atomic E-state index is 15.1. The van der Waals surface area contributed by atoms with Gasteiger partial charge < -0.3 is 14.9 Å². The Labute approximate surface area is 210 Å². The number of ether oxygens (including phenoxy) is 1. The molecule has 10 heteroatoms. The van der Waals surface area contributed by atoms with Crippen LogP contribution in [0.4, 0.5) is 18.9 Å². The number of nitrogens with zero attached hydrogens (tertiary/aromatic N) is 3. The van der Waals surface area contributed by atoms with Gasteiger partial charge in [0, 0.05) is 52.0 Å². The lowest BCUT2D eigenvalue weighted by atomic mass is 9.81. The molecule has 2 N–H and O–H groups in total. The second-order valence-corrected chi connectivity index (χ2v) is 9.96. The summed E-state index contributed by atoms with van der Waals surface area (Å²) in [5.74, 6) is -1.11. The van der Waals surface area contributed by atoms with Crippen molar-refractivity contribution in [2.75, 3.05) is 0 Å². The van der Waals surface area contributed by atoms with E-state index in [2.05, 4.69) is 15.0 Å². The number of aliphatic hydroxyl groups excluding tert-OH is 1. The number of alkyl halides is 2. The van der Waals surface area contributed by atoms with Crippen LogP contribution < -0.4 is 4.74 Å². The van der Waals surface area contributed by atoms with E-state index in [1.165, 1.54) is 30.6 Å². The highest BCUT2D eigenvalue weighted by molar-refractivity contribution is 6.31. The molecule has 3 aromatic rings. The lowest BCUT2D eigenvalue weighted by Gasteiger charge is -2.27. The predicted octanol–water partition coefficient (Wildman–Crippen LogP) is 5.56. The van der Waals surface area contributed by atoms with E-state index >= 15 is 4.39 Å². The molecule has 0 spiro atoms. The summed E-state index contributed by atoms with van der Waals surface area (Å²) in [7, 11) is 0. The van der Waals surface area contributed by atoms with Gasteiger partial charge in [0.25, 0.3) is 0 Å². The second kappa shape index (κ2) is 9.14. The molecule has 0 radical (unpaired) electrons.